The van der Waals surface area contributed by atoms with Gasteiger partial charge in [0, 0.05) is 5.02 Å². The number of rotatable bonds is 3. The first-order valence-corrected chi connectivity index (χ1v) is 7.46. The fourth-order valence-corrected chi connectivity index (χ4v) is 2.31. The van der Waals surface area contributed by atoms with Gasteiger partial charge in [0.05, 0.1) is 10.7 Å². The van der Waals surface area contributed by atoms with E-state index in [2.05, 4.69) is 4.72 Å². The van der Waals surface area contributed by atoms with Crippen molar-refractivity contribution in [1.29, 1.82) is 0 Å². The largest absolute Gasteiger partial charge is 0.286 e. The Morgan fingerprint density at radius 3 is 2.50 bits per heavy atom. The molecule has 3 nitrogen and oxygen atoms in total. The van der Waals surface area contributed by atoms with E-state index in [-0.39, 0.29) is 5.02 Å². The van der Waals surface area contributed by atoms with Gasteiger partial charge in [0.1, 0.15) is 0 Å². The molecule has 0 radical (unpaired) electrons. The number of nitrogens with one attached hydrogen (secondary N) is 1. The van der Waals surface area contributed by atoms with Crippen molar-refractivity contribution in [2.24, 2.45) is 0 Å². The van der Waals surface area contributed by atoms with E-state index < -0.39 is 9.06 Å². The summed E-state index contributed by atoms with van der Waals surface area (Å²) in [6, 6.07) is 4.55. The minimum atomic E-state index is -3.37. The SMILES string of the molecule is CSS(=O)(=O)Nc1ccc(Cl)cc1Cl. The summed E-state index contributed by atoms with van der Waals surface area (Å²) in [6.07, 6.45) is 1.46. The van der Waals surface area contributed by atoms with E-state index in [1.165, 1.54) is 18.4 Å². The van der Waals surface area contributed by atoms with Crippen molar-refractivity contribution >= 4 is 48.7 Å². The number of hydrogen-bond acceptors (Lipinski definition) is 3. The number of halogens is 2. The zero-order valence-electron chi connectivity index (χ0n) is 7.12. The fraction of sp³-hybridized carbons (Fsp3) is 0.143. The molecule has 0 amide bonds. The highest BCUT2D eigenvalue weighted by molar-refractivity contribution is 8.72. The summed E-state index contributed by atoms with van der Waals surface area (Å²) in [7, 11) is -2.66. The van der Waals surface area contributed by atoms with Gasteiger partial charge in [-0.2, -0.15) is 8.42 Å². The lowest BCUT2D eigenvalue weighted by Crippen LogP contribution is -2.07. The van der Waals surface area contributed by atoms with Gasteiger partial charge in [0.2, 0.25) is 0 Å². The van der Waals surface area contributed by atoms with Crippen LogP contribution in [-0.4, -0.2) is 14.7 Å². The van der Waals surface area contributed by atoms with E-state index in [0.29, 0.717) is 21.5 Å². The van der Waals surface area contributed by atoms with E-state index in [0.717, 1.165) is 0 Å². The van der Waals surface area contributed by atoms with Crippen molar-refractivity contribution < 1.29 is 8.42 Å². The van der Waals surface area contributed by atoms with E-state index >= 15 is 0 Å². The van der Waals surface area contributed by atoms with Gasteiger partial charge in [0.15, 0.2) is 0 Å². The van der Waals surface area contributed by atoms with Crippen LogP contribution >= 0.6 is 34.0 Å². The zero-order valence-corrected chi connectivity index (χ0v) is 10.3. The molecular weight excluding hydrogens is 265 g/mol. The molecule has 0 heterocycles. The maximum absolute atomic E-state index is 11.2. The molecule has 1 aromatic rings. The molecule has 0 aliphatic carbocycles. The van der Waals surface area contributed by atoms with Crippen molar-refractivity contribution in [3.05, 3.63) is 28.2 Å². The normalized spacial score (nSPS) is 11.4. The molecule has 7 heteroatoms. The second-order valence-corrected chi connectivity index (χ2v) is 6.95. The predicted molar refractivity (Wildman–Crippen MR) is 62.5 cm³/mol. The van der Waals surface area contributed by atoms with Gasteiger partial charge in [0.25, 0.3) is 9.06 Å². The molecule has 0 fully saturated rings. The third-order valence-electron chi connectivity index (χ3n) is 1.39. The van der Waals surface area contributed by atoms with Crippen LogP contribution in [0.3, 0.4) is 0 Å². The van der Waals surface area contributed by atoms with Gasteiger partial charge in [-0.1, -0.05) is 23.2 Å². The Kier molecular flexibility index (Phi) is 3.94. The van der Waals surface area contributed by atoms with Gasteiger partial charge in [-0.05, 0) is 35.2 Å². The Balaban J connectivity index is 2.99. The molecule has 0 saturated carbocycles. The van der Waals surface area contributed by atoms with Crippen molar-refractivity contribution in [1.82, 2.24) is 0 Å². The molecule has 0 spiro atoms. The molecular formula is C7H7Cl2NO2S2. The standard InChI is InChI=1S/C7H7Cl2NO2S2/c1-13-14(11,12)10-7-3-2-5(8)4-6(7)9/h2-4,10H,1H3. The van der Waals surface area contributed by atoms with Crippen LogP contribution in [0.25, 0.3) is 0 Å². The van der Waals surface area contributed by atoms with Gasteiger partial charge in [-0.3, -0.25) is 4.72 Å². The molecule has 14 heavy (non-hydrogen) atoms. The summed E-state index contributed by atoms with van der Waals surface area (Å²) >= 11 is 11.4. The number of benzene rings is 1. The van der Waals surface area contributed by atoms with E-state index in [1.54, 1.807) is 6.07 Å². The van der Waals surface area contributed by atoms with E-state index in [1.807, 2.05) is 0 Å². The summed E-state index contributed by atoms with van der Waals surface area (Å²) in [5.41, 5.74) is 0.324. The lowest BCUT2D eigenvalue weighted by atomic mass is 10.3. The summed E-state index contributed by atoms with van der Waals surface area (Å²) in [6.45, 7) is 0. The molecule has 0 aliphatic heterocycles. The Bertz CT molecular complexity index is 433. The lowest BCUT2D eigenvalue weighted by Gasteiger charge is -2.06. The molecule has 0 aliphatic rings. The second kappa shape index (κ2) is 4.61. The second-order valence-electron chi connectivity index (χ2n) is 2.35. The smallest absolute Gasteiger partial charge is 0.273 e. The third kappa shape index (κ3) is 3.24. The minimum Gasteiger partial charge on any atom is -0.273 e. The molecule has 0 atom stereocenters. The van der Waals surface area contributed by atoms with Crippen molar-refractivity contribution in [2.75, 3.05) is 11.0 Å². The minimum absolute atomic E-state index is 0.273. The first-order chi connectivity index (χ1) is 6.44. The van der Waals surface area contributed by atoms with Gasteiger partial charge >= 0.3 is 0 Å². The molecule has 0 aromatic heterocycles. The Hall–Kier alpha value is -0.100. The maximum Gasteiger partial charge on any atom is 0.286 e. The van der Waals surface area contributed by atoms with E-state index in [4.69, 9.17) is 23.2 Å². The van der Waals surface area contributed by atoms with Crippen LogP contribution in [0.5, 0.6) is 0 Å². The molecule has 1 aromatic carbocycles. The van der Waals surface area contributed by atoms with Crippen LogP contribution in [0.1, 0.15) is 0 Å². The quantitative estimate of drug-likeness (QED) is 0.860. The molecule has 1 N–H and O–H groups in total. The van der Waals surface area contributed by atoms with Crippen LogP contribution < -0.4 is 4.72 Å². The van der Waals surface area contributed by atoms with Crippen molar-refractivity contribution in [2.45, 2.75) is 0 Å². The molecule has 0 unspecified atom stereocenters. The average Bonchev–Trinajstić information content (AvgIpc) is 2.10. The van der Waals surface area contributed by atoms with Crippen LogP contribution in [-0.2, 0) is 9.06 Å². The van der Waals surface area contributed by atoms with E-state index in [9.17, 15) is 8.42 Å². The van der Waals surface area contributed by atoms with Crippen LogP contribution in [0.15, 0.2) is 18.2 Å². The summed E-state index contributed by atoms with van der Waals surface area (Å²) in [5.74, 6) is 0. The summed E-state index contributed by atoms with van der Waals surface area (Å²) in [4.78, 5) is 0. The molecule has 0 bridgehead atoms. The third-order valence-corrected chi connectivity index (χ3v) is 4.41. The first-order valence-electron chi connectivity index (χ1n) is 3.48. The van der Waals surface area contributed by atoms with Crippen LogP contribution in [0.2, 0.25) is 10.0 Å². The Morgan fingerprint density at radius 2 is 2.00 bits per heavy atom. The van der Waals surface area contributed by atoms with Gasteiger partial charge < -0.3 is 0 Å². The average molecular weight is 272 g/mol. The highest BCUT2D eigenvalue weighted by Gasteiger charge is 2.10. The summed E-state index contributed by atoms with van der Waals surface area (Å²) in [5, 5.41) is 0.734. The topological polar surface area (TPSA) is 46.2 Å². The zero-order chi connectivity index (χ0) is 10.8. The number of hydrogen-bond donors (Lipinski definition) is 1. The highest BCUT2D eigenvalue weighted by atomic mass is 35.5. The van der Waals surface area contributed by atoms with Gasteiger partial charge in [-0.15, -0.1) is 0 Å². The lowest BCUT2D eigenvalue weighted by molar-refractivity contribution is 0.615. The fourth-order valence-electron chi connectivity index (χ4n) is 0.749. The predicted octanol–water partition coefficient (Wildman–Crippen LogP) is 3.01. The monoisotopic (exact) mass is 271 g/mol. The molecule has 1 rings (SSSR count). The molecule has 78 valence electrons. The first kappa shape index (κ1) is 12.0. The van der Waals surface area contributed by atoms with Crippen LogP contribution in [0.4, 0.5) is 5.69 Å². The summed E-state index contributed by atoms with van der Waals surface area (Å²) < 4.78 is 24.6. The maximum atomic E-state index is 11.2. The highest BCUT2D eigenvalue weighted by Crippen LogP contribution is 2.27. The van der Waals surface area contributed by atoms with Gasteiger partial charge in [-0.25, -0.2) is 0 Å². The molecule has 0 saturated heterocycles. The van der Waals surface area contributed by atoms with Crippen molar-refractivity contribution in [3.8, 4) is 0 Å². The Labute approximate surface area is 96.2 Å². The van der Waals surface area contributed by atoms with Crippen molar-refractivity contribution in [3.63, 3.8) is 0 Å². The Morgan fingerprint density at radius 1 is 1.36 bits per heavy atom. The number of anilines is 1. The van der Waals surface area contributed by atoms with Crippen LogP contribution in [0, 0.1) is 0 Å².